The third-order valence-corrected chi connectivity index (χ3v) is 3.03. The lowest BCUT2D eigenvalue weighted by Crippen LogP contribution is -2.36. The molecule has 1 heterocycles. The van der Waals surface area contributed by atoms with Gasteiger partial charge in [-0.15, -0.1) is 0 Å². The van der Waals surface area contributed by atoms with Gasteiger partial charge in [-0.1, -0.05) is 13.3 Å². The van der Waals surface area contributed by atoms with Crippen molar-refractivity contribution >= 4 is 11.9 Å². The van der Waals surface area contributed by atoms with Crippen LogP contribution in [0.3, 0.4) is 0 Å². The van der Waals surface area contributed by atoms with Gasteiger partial charge in [0.1, 0.15) is 0 Å². The third-order valence-electron chi connectivity index (χ3n) is 3.03. The van der Waals surface area contributed by atoms with Gasteiger partial charge in [-0.25, -0.2) is 0 Å². The van der Waals surface area contributed by atoms with E-state index in [4.69, 9.17) is 14.6 Å². The van der Waals surface area contributed by atoms with Gasteiger partial charge in [-0.2, -0.15) is 0 Å². The lowest BCUT2D eigenvalue weighted by Gasteiger charge is -2.16. The Balaban J connectivity index is 2.04. The molecule has 1 aromatic carbocycles. The molecule has 0 bridgehead atoms. The highest BCUT2D eigenvalue weighted by molar-refractivity contribution is 5.95. The Kier molecular flexibility index (Phi) is 4.45. The van der Waals surface area contributed by atoms with Gasteiger partial charge in [0.2, 0.25) is 6.79 Å². The number of nitrogens with one attached hydrogen (secondary N) is 1. The van der Waals surface area contributed by atoms with Gasteiger partial charge in [0.05, 0.1) is 6.42 Å². The van der Waals surface area contributed by atoms with Crippen molar-refractivity contribution in [1.82, 2.24) is 5.32 Å². The van der Waals surface area contributed by atoms with Gasteiger partial charge in [-0.3, -0.25) is 9.59 Å². The fraction of sp³-hybridized carbons (Fsp3) is 0.429. The van der Waals surface area contributed by atoms with Crippen LogP contribution in [0.15, 0.2) is 18.2 Å². The maximum atomic E-state index is 12.1. The summed E-state index contributed by atoms with van der Waals surface area (Å²) in [5.74, 6) is -0.0856. The van der Waals surface area contributed by atoms with Gasteiger partial charge in [0, 0.05) is 11.6 Å². The van der Waals surface area contributed by atoms with Crippen LogP contribution in [0.5, 0.6) is 11.5 Å². The van der Waals surface area contributed by atoms with Crippen LogP contribution in [0.1, 0.15) is 36.5 Å². The van der Waals surface area contributed by atoms with E-state index in [1.807, 2.05) is 6.92 Å². The molecule has 1 aliphatic heterocycles. The maximum Gasteiger partial charge on any atom is 0.305 e. The molecule has 1 aromatic rings. The molecular weight excluding hydrogens is 262 g/mol. The normalized spacial score (nSPS) is 13.8. The first-order valence-corrected chi connectivity index (χ1v) is 6.52. The number of ether oxygens (including phenoxy) is 2. The molecule has 0 aromatic heterocycles. The number of fused-ring (bicyclic) bond motifs is 1. The van der Waals surface area contributed by atoms with Gasteiger partial charge < -0.3 is 19.9 Å². The summed E-state index contributed by atoms with van der Waals surface area (Å²) >= 11 is 0. The second kappa shape index (κ2) is 6.27. The van der Waals surface area contributed by atoms with Gasteiger partial charge in [0.25, 0.3) is 5.91 Å². The Hall–Kier alpha value is -2.24. The highest BCUT2D eigenvalue weighted by Crippen LogP contribution is 2.32. The molecule has 0 aliphatic carbocycles. The molecule has 0 saturated heterocycles. The summed E-state index contributed by atoms with van der Waals surface area (Å²) in [6.45, 7) is 2.10. The smallest absolute Gasteiger partial charge is 0.305 e. The predicted octanol–water partition coefficient (Wildman–Crippen LogP) is 1.79. The molecule has 1 atom stereocenters. The number of carboxylic acids is 1. The Morgan fingerprint density at radius 3 is 2.80 bits per heavy atom. The van der Waals surface area contributed by atoms with Crippen LogP contribution in [0.25, 0.3) is 0 Å². The molecule has 6 nitrogen and oxygen atoms in total. The van der Waals surface area contributed by atoms with Crippen LogP contribution in [0.2, 0.25) is 0 Å². The lowest BCUT2D eigenvalue weighted by molar-refractivity contribution is -0.137. The monoisotopic (exact) mass is 279 g/mol. The summed E-state index contributed by atoms with van der Waals surface area (Å²) in [5.41, 5.74) is 0.431. The molecule has 2 rings (SSSR count). The fourth-order valence-electron chi connectivity index (χ4n) is 2.09. The first-order chi connectivity index (χ1) is 9.60. The van der Waals surface area contributed by atoms with Crippen molar-refractivity contribution in [3.8, 4) is 11.5 Å². The topological polar surface area (TPSA) is 84.9 Å². The van der Waals surface area contributed by atoms with E-state index in [0.29, 0.717) is 23.5 Å². The van der Waals surface area contributed by atoms with E-state index in [2.05, 4.69) is 5.32 Å². The Labute approximate surface area is 116 Å². The summed E-state index contributed by atoms with van der Waals surface area (Å²) < 4.78 is 10.4. The first-order valence-electron chi connectivity index (χ1n) is 6.52. The molecule has 1 amide bonds. The Morgan fingerprint density at radius 1 is 1.35 bits per heavy atom. The Bertz CT molecular complexity index is 514. The zero-order valence-electron chi connectivity index (χ0n) is 11.2. The number of rotatable bonds is 6. The number of hydrogen-bond donors (Lipinski definition) is 2. The van der Waals surface area contributed by atoms with E-state index < -0.39 is 5.97 Å². The van der Waals surface area contributed by atoms with Crippen molar-refractivity contribution in [2.45, 2.75) is 32.2 Å². The van der Waals surface area contributed by atoms with Gasteiger partial charge in [0.15, 0.2) is 11.5 Å². The molecule has 2 N–H and O–H groups in total. The van der Waals surface area contributed by atoms with E-state index in [1.165, 1.54) is 0 Å². The molecule has 0 radical (unpaired) electrons. The zero-order valence-corrected chi connectivity index (χ0v) is 11.2. The molecule has 1 unspecified atom stereocenters. The van der Waals surface area contributed by atoms with Crippen molar-refractivity contribution in [1.29, 1.82) is 0 Å². The van der Waals surface area contributed by atoms with Crippen molar-refractivity contribution < 1.29 is 24.2 Å². The highest BCUT2D eigenvalue weighted by atomic mass is 16.7. The molecule has 0 saturated carbocycles. The third kappa shape index (κ3) is 3.40. The van der Waals surface area contributed by atoms with Crippen LogP contribution in [0, 0.1) is 0 Å². The van der Waals surface area contributed by atoms with Gasteiger partial charge in [-0.05, 0) is 24.6 Å². The molecule has 20 heavy (non-hydrogen) atoms. The number of carbonyl (C=O) groups is 2. The average Bonchev–Trinajstić information content (AvgIpc) is 2.85. The second-order valence-corrected chi connectivity index (χ2v) is 4.62. The molecule has 1 aliphatic rings. The molecule has 0 fully saturated rings. The van der Waals surface area contributed by atoms with E-state index >= 15 is 0 Å². The largest absolute Gasteiger partial charge is 0.481 e. The molecule has 6 heteroatoms. The number of benzene rings is 1. The number of amides is 1. The fourth-order valence-corrected chi connectivity index (χ4v) is 2.09. The van der Waals surface area contributed by atoms with Crippen molar-refractivity contribution in [2.24, 2.45) is 0 Å². The molecule has 0 spiro atoms. The lowest BCUT2D eigenvalue weighted by atomic mass is 10.1. The Morgan fingerprint density at radius 2 is 2.10 bits per heavy atom. The summed E-state index contributed by atoms with van der Waals surface area (Å²) in [7, 11) is 0. The second-order valence-electron chi connectivity index (χ2n) is 4.62. The van der Waals surface area contributed by atoms with E-state index in [1.54, 1.807) is 18.2 Å². The minimum absolute atomic E-state index is 0.0792. The van der Waals surface area contributed by atoms with Crippen molar-refractivity contribution in [2.75, 3.05) is 6.79 Å². The van der Waals surface area contributed by atoms with Crippen LogP contribution >= 0.6 is 0 Å². The summed E-state index contributed by atoms with van der Waals surface area (Å²) in [6, 6.07) is 4.53. The van der Waals surface area contributed by atoms with E-state index in [-0.39, 0.29) is 25.2 Å². The molecular formula is C14H17NO5. The first kappa shape index (κ1) is 14.2. The van der Waals surface area contributed by atoms with Crippen LogP contribution in [0.4, 0.5) is 0 Å². The SMILES string of the molecule is CCCC(CC(=O)O)NC(=O)c1ccc2c(c1)OCO2. The number of carboxylic acid groups (broad SMARTS) is 1. The number of hydrogen-bond acceptors (Lipinski definition) is 4. The predicted molar refractivity (Wildman–Crippen MR) is 71.0 cm³/mol. The van der Waals surface area contributed by atoms with Crippen LogP contribution in [-0.2, 0) is 4.79 Å². The quantitative estimate of drug-likeness (QED) is 0.829. The standard InChI is InChI=1S/C14H17NO5/c1-2-3-10(7-13(16)17)15-14(18)9-4-5-11-12(6-9)20-8-19-11/h4-6,10H,2-3,7-8H2,1H3,(H,15,18)(H,16,17). The van der Waals surface area contributed by atoms with E-state index in [9.17, 15) is 9.59 Å². The minimum Gasteiger partial charge on any atom is -0.481 e. The van der Waals surface area contributed by atoms with Crippen molar-refractivity contribution in [3.63, 3.8) is 0 Å². The van der Waals surface area contributed by atoms with Gasteiger partial charge >= 0.3 is 5.97 Å². The van der Waals surface area contributed by atoms with Crippen LogP contribution < -0.4 is 14.8 Å². The number of aliphatic carboxylic acids is 1. The summed E-state index contributed by atoms with van der Waals surface area (Å²) in [4.78, 5) is 22.9. The van der Waals surface area contributed by atoms with E-state index in [0.717, 1.165) is 6.42 Å². The molecule has 108 valence electrons. The minimum atomic E-state index is -0.922. The maximum absolute atomic E-state index is 12.1. The van der Waals surface area contributed by atoms with Crippen molar-refractivity contribution in [3.05, 3.63) is 23.8 Å². The highest BCUT2D eigenvalue weighted by Gasteiger charge is 2.19. The summed E-state index contributed by atoms with van der Waals surface area (Å²) in [5, 5.41) is 11.6. The number of carbonyl (C=O) groups excluding carboxylic acids is 1. The average molecular weight is 279 g/mol. The summed E-state index contributed by atoms with van der Waals surface area (Å²) in [6.07, 6.45) is 1.35. The zero-order chi connectivity index (χ0) is 14.5. The van der Waals surface area contributed by atoms with Crippen LogP contribution in [-0.4, -0.2) is 29.8 Å².